The SMILES string of the molecule is COCC1(CNC(=O)c2cc(SC)ccc2Cl)CCNCC1.Cl. The number of piperidine rings is 1. The van der Waals surface area contributed by atoms with Gasteiger partial charge in [-0.3, -0.25) is 4.79 Å². The molecule has 0 bridgehead atoms. The van der Waals surface area contributed by atoms with E-state index in [4.69, 9.17) is 16.3 Å². The minimum atomic E-state index is -0.116. The lowest BCUT2D eigenvalue weighted by molar-refractivity contribution is 0.0511. The first kappa shape index (κ1) is 20.6. The Morgan fingerprint density at radius 2 is 2.13 bits per heavy atom. The highest BCUT2D eigenvalue weighted by molar-refractivity contribution is 7.98. The molecular formula is C16H24Cl2N2O2S. The Balaban J connectivity index is 0.00000264. The molecule has 7 heteroatoms. The Morgan fingerprint density at radius 1 is 1.43 bits per heavy atom. The number of halogens is 2. The fourth-order valence-corrected chi connectivity index (χ4v) is 3.45. The number of amides is 1. The first-order chi connectivity index (χ1) is 10.6. The summed E-state index contributed by atoms with van der Waals surface area (Å²) in [5, 5.41) is 6.88. The third kappa shape index (κ3) is 5.54. The van der Waals surface area contributed by atoms with Gasteiger partial charge in [0.25, 0.3) is 5.91 Å². The maximum Gasteiger partial charge on any atom is 0.252 e. The van der Waals surface area contributed by atoms with Crippen molar-refractivity contribution < 1.29 is 9.53 Å². The summed E-state index contributed by atoms with van der Waals surface area (Å²) in [5.74, 6) is -0.116. The van der Waals surface area contributed by atoms with Crippen LogP contribution >= 0.6 is 35.8 Å². The normalized spacial score (nSPS) is 16.5. The summed E-state index contributed by atoms with van der Waals surface area (Å²) in [6.45, 7) is 3.19. The van der Waals surface area contributed by atoms with Gasteiger partial charge < -0.3 is 15.4 Å². The smallest absolute Gasteiger partial charge is 0.252 e. The van der Waals surface area contributed by atoms with Gasteiger partial charge in [0.1, 0.15) is 0 Å². The number of rotatable bonds is 6. The quantitative estimate of drug-likeness (QED) is 0.746. The monoisotopic (exact) mass is 378 g/mol. The van der Waals surface area contributed by atoms with Crippen LogP contribution in [0.4, 0.5) is 0 Å². The zero-order valence-corrected chi connectivity index (χ0v) is 15.9. The summed E-state index contributed by atoms with van der Waals surface area (Å²) >= 11 is 7.76. The first-order valence-electron chi connectivity index (χ1n) is 7.42. The van der Waals surface area contributed by atoms with Crippen LogP contribution < -0.4 is 10.6 Å². The molecule has 1 aromatic rings. The zero-order valence-electron chi connectivity index (χ0n) is 13.5. The Hall–Kier alpha value is -0.460. The van der Waals surface area contributed by atoms with Gasteiger partial charge in [-0.2, -0.15) is 0 Å². The number of nitrogens with one attached hydrogen (secondary N) is 2. The predicted octanol–water partition coefficient (Wildman–Crippen LogP) is 3.23. The highest BCUT2D eigenvalue weighted by atomic mass is 35.5. The maximum absolute atomic E-state index is 12.5. The fourth-order valence-electron chi connectivity index (χ4n) is 2.80. The van der Waals surface area contributed by atoms with Crippen molar-refractivity contribution in [3.63, 3.8) is 0 Å². The number of hydrogen-bond donors (Lipinski definition) is 2. The van der Waals surface area contributed by atoms with Crippen molar-refractivity contribution >= 4 is 41.7 Å². The summed E-state index contributed by atoms with van der Waals surface area (Å²) in [7, 11) is 1.71. The lowest BCUT2D eigenvalue weighted by Gasteiger charge is -2.37. The van der Waals surface area contributed by atoms with Gasteiger partial charge in [0.05, 0.1) is 17.2 Å². The summed E-state index contributed by atoms with van der Waals surface area (Å²) in [6.07, 6.45) is 3.98. The first-order valence-corrected chi connectivity index (χ1v) is 9.02. The molecule has 2 rings (SSSR count). The lowest BCUT2D eigenvalue weighted by atomic mass is 9.79. The second-order valence-electron chi connectivity index (χ2n) is 5.71. The molecule has 1 aliphatic heterocycles. The van der Waals surface area contributed by atoms with E-state index in [1.165, 1.54) is 0 Å². The van der Waals surface area contributed by atoms with Crippen LogP contribution in [-0.2, 0) is 4.74 Å². The largest absolute Gasteiger partial charge is 0.384 e. The molecule has 0 aromatic heterocycles. The Kier molecular flexibility index (Phi) is 8.72. The molecule has 0 atom stereocenters. The van der Waals surface area contributed by atoms with E-state index >= 15 is 0 Å². The number of methoxy groups -OCH3 is 1. The van der Waals surface area contributed by atoms with Crippen LogP contribution in [0, 0.1) is 5.41 Å². The fraction of sp³-hybridized carbons (Fsp3) is 0.562. The van der Waals surface area contributed by atoms with E-state index in [-0.39, 0.29) is 23.7 Å². The number of benzene rings is 1. The average Bonchev–Trinajstić information content (AvgIpc) is 2.54. The van der Waals surface area contributed by atoms with Crippen molar-refractivity contribution in [3.05, 3.63) is 28.8 Å². The molecule has 1 heterocycles. The van der Waals surface area contributed by atoms with E-state index in [0.717, 1.165) is 30.8 Å². The zero-order chi connectivity index (χ0) is 16.0. The van der Waals surface area contributed by atoms with Gasteiger partial charge in [-0.25, -0.2) is 0 Å². The molecule has 0 radical (unpaired) electrons. The molecular weight excluding hydrogens is 355 g/mol. The molecule has 1 fully saturated rings. The van der Waals surface area contributed by atoms with Crippen LogP contribution in [-0.4, -0.2) is 45.5 Å². The molecule has 0 spiro atoms. The number of carbonyl (C=O) groups is 1. The molecule has 23 heavy (non-hydrogen) atoms. The number of hydrogen-bond acceptors (Lipinski definition) is 4. The van der Waals surface area contributed by atoms with E-state index in [9.17, 15) is 4.79 Å². The summed E-state index contributed by atoms with van der Waals surface area (Å²) in [5.41, 5.74) is 0.550. The number of thioether (sulfide) groups is 1. The highest BCUT2D eigenvalue weighted by Gasteiger charge is 2.32. The molecule has 2 N–H and O–H groups in total. The van der Waals surface area contributed by atoms with E-state index in [0.29, 0.717) is 23.7 Å². The highest BCUT2D eigenvalue weighted by Crippen LogP contribution is 2.29. The van der Waals surface area contributed by atoms with E-state index in [2.05, 4.69) is 10.6 Å². The van der Waals surface area contributed by atoms with Gasteiger partial charge in [-0.1, -0.05) is 11.6 Å². The van der Waals surface area contributed by atoms with Gasteiger partial charge in [-0.05, 0) is 50.4 Å². The summed E-state index contributed by atoms with van der Waals surface area (Å²) < 4.78 is 5.37. The van der Waals surface area contributed by atoms with Gasteiger partial charge in [-0.15, -0.1) is 24.2 Å². The van der Waals surface area contributed by atoms with Gasteiger partial charge in [0.15, 0.2) is 0 Å². The van der Waals surface area contributed by atoms with Crippen molar-refractivity contribution in [1.29, 1.82) is 0 Å². The minimum Gasteiger partial charge on any atom is -0.384 e. The molecule has 0 aliphatic carbocycles. The second kappa shape index (κ2) is 9.74. The molecule has 1 saturated heterocycles. The topological polar surface area (TPSA) is 50.4 Å². The Labute approximate surface area is 153 Å². The standard InChI is InChI=1S/C16H23ClN2O2S.ClH/c1-21-11-16(5-7-18-8-6-16)10-19-15(20)13-9-12(22-2)3-4-14(13)17;/h3-4,9,18H,5-8,10-11H2,1-2H3,(H,19,20);1H. The van der Waals surface area contributed by atoms with Crippen LogP contribution in [0.1, 0.15) is 23.2 Å². The van der Waals surface area contributed by atoms with E-state index in [1.807, 2.05) is 18.4 Å². The number of ether oxygens (including phenoxy) is 1. The predicted molar refractivity (Wildman–Crippen MR) is 99.2 cm³/mol. The third-order valence-electron chi connectivity index (χ3n) is 4.16. The van der Waals surface area contributed by atoms with E-state index < -0.39 is 0 Å². The maximum atomic E-state index is 12.5. The summed E-state index contributed by atoms with van der Waals surface area (Å²) in [6, 6.07) is 5.54. The minimum absolute atomic E-state index is 0. The molecule has 0 unspecified atom stereocenters. The summed E-state index contributed by atoms with van der Waals surface area (Å²) in [4.78, 5) is 13.5. The molecule has 4 nitrogen and oxygen atoms in total. The van der Waals surface area contributed by atoms with Crippen LogP contribution in [0.15, 0.2) is 23.1 Å². The number of carbonyl (C=O) groups excluding carboxylic acids is 1. The van der Waals surface area contributed by atoms with Crippen molar-refractivity contribution in [2.24, 2.45) is 5.41 Å². The van der Waals surface area contributed by atoms with Crippen molar-refractivity contribution in [2.45, 2.75) is 17.7 Å². The van der Waals surface area contributed by atoms with Gasteiger partial charge in [0.2, 0.25) is 0 Å². The molecule has 0 saturated carbocycles. The van der Waals surface area contributed by atoms with Crippen LogP contribution in [0.25, 0.3) is 0 Å². The van der Waals surface area contributed by atoms with Crippen LogP contribution in [0.2, 0.25) is 5.02 Å². The van der Waals surface area contributed by atoms with Gasteiger partial charge in [0, 0.05) is 24.0 Å². The molecule has 1 amide bonds. The van der Waals surface area contributed by atoms with Crippen LogP contribution in [0.3, 0.4) is 0 Å². The van der Waals surface area contributed by atoms with E-state index in [1.54, 1.807) is 24.9 Å². The molecule has 130 valence electrons. The molecule has 1 aliphatic rings. The molecule has 1 aromatic carbocycles. The second-order valence-corrected chi connectivity index (χ2v) is 7.00. The van der Waals surface area contributed by atoms with Crippen molar-refractivity contribution in [2.75, 3.05) is 39.6 Å². The average molecular weight is 379 g/mol. The Morgan fingerprint density at radius 3 is 2.74 bits per heavy atom. The van der Waals surface area contributed by atoms with Gasteiger partial charge >= 0.3 is 0 Å². The Bertz CT molecular complexity index is 517. The third-order valence-corrected chi connectivity index (χ3v) is 5.21. The van der Waals surface area contributed by atoms with Crippen molar-refractivity contribution in [1.82, 2.24) is 10.6 Å². The lowest BCUT2D eigenvalue weighted by Crippen LogP contribution is -2.47. The van der Waals surface area contributed by atoms with Crippen LogP contribution in [0.5, 0.6) is 0 Å². The van der Waals surface area contributed by atoms with Crippen molar-refractivity contribution in [3.8, 4) is 0 Å².